The molecule has 0 aliphatic carbocycles. The molecule has 0 bridgehead atoms. The molecule has 3 rings (SSSR count). The highest BCUT2D eigenvalue weighted by Crippen LogP contribution is 2.28. The van der Waals surface area contributed by atoms with E-state index in [0.717, 1.165) is 27.8 Å². The molecule has 0 atom stereocenters. The summed E-state index contributed by atoms with van der Waals surface area (Å²) >= 11 is 0. The third kappa shape index (κ3) is 2.41. The second-order valence-corrected chi connectivity index (χ2v) is 5.35. The standard InChI is InChI=1S/C17H18N4O/c1-18-17(22)12-6-9-15-14(10-12)16(20-19-15)11-4-7-13(8-5-11)21(2)3/h4-10H,1-3H3,(H,18,22)(H,19,20). The van der Waals surface area contributed by atoms with Gasteiger partial charge in [0, 0.05) is 43.3 Å². The lowest BCUT2D eigenvalue weighted by molar-refractivity contribution is 0.0963. The predicted molar refractivity (Wildman–Crippen MR) is 89.2 cm³/mol. The fourth-order valence-electron chi connectivity index (χ4n) is 2.44. The fourth-order valence-corrected chi connectivity index (χ4v) is 2.44. The number of H-pyrrole nitrogens is 1. The van der Waals surface area contributed by atoms with Crippen molar-refractivity contribution in [1.82, 2.24) is 15.5 Å². The third-order valence-electron chi connectivity index (χ3n) is 3.71. The van der Waals surface area contributed by atoms with Gasteiger partial charge in [0.2, 0.25) is 0 Å². The summed E-state index contributed by atoms with van der Waals surface area (Å²) in [6.45, 7) is 0. The maximum absolute atomic E-state index is 11.8. The Hall–Kier alpha value is -2.82. The van der Waals surface area contributed by atoms with Crippen molar-refractivity contribution in [3.63, 3.8) is 0 Å². The van der Waals surface area contributed by atoms with Gasteiger partial charge < -0.3 is 10.2 Å². The van der Waals surface area contributed by atoms with Crippen molar-refractivity contribution in [3.05, 3.63) is 48.0 Å². The minimum absolute atomic E-state index is 0.1000. The molecular formula is C17H18N4O. The minimum Gasteiger partial charge on any atom is -0.378 e. The molecule has 0 aliphatic rings. The number of carbonyl (C=O) groups is 1. The zero-order valence-electron chi connectivity index (χ0n) is 12.8. The molecule has 1 amide bonds. The van der Waals surface area contributed by atoms with E-state index in [1.807, 2.05) is 38.4 Å². The predicted octanol–water partition coefficient (Wildman–Crippen LogP) is 2.66. The van der Waals surface area contributed by atoms with E-state index in [4.69, 9.17) is 0 Å². The first kappa shape index (κ1) is 14.1. The van der Waals surface area contributed by atoms with E-state index < -0.39 is 0 Å². The number of rotatable bonds is 3. The van der Waals surface area contributed by atoms with Crippen molar-refractivity contribution in [2.75, 3.05) is 26.0 Å². The van der Waals surface area contributed by atoms with Crippen LogP contribution in [0.2, 0.25) is 0 Å². The van der Waals surface area contributed by atoms with Crippen LogP contribution in [-0.2, 0) is 0 Å². The number of hydrogen-bond acceptors (Lipinski definition) is 3. The van der Waals surface area contributed by atoms with E-state index in [2.05, 4.69) is 32.5 Å². The first-order valence-corrected chi connectivity index (χ1v) is 7.08. The van der Waals surface area contributed by atoms with Crippen molar-refractivity contribution >= 4 is 22.5 Å². The molecule has 5 nitrogen and oxygen atoms in total. The van der Waals surface area contributed by atoms with Gasteiger partial charge in [-0.15, -0.1) is 0 Å². The van der Waals surface area contributed by atoms with Gasteiger partial charge in [0.15, 0.2) is 0 Å². The number of nitrogens with one attached hydrogen (secondary N) is 2. The van der Waals surface area contributed by atoms with Gasteiger partial charge in [-0.1, -0.05) is 12.1 Å². The van der Waals surface area contributed by atoms with Crippen LogP contribution in [-0.4, -0.2) is 37.2 Å². The van der Waals surface area contributed by atoms with Gasteiger partial charge in [-0.25, -0.2) is 0 Å². The number of aromatic amines is 1. The smallest absolute Gasteiger partial charge is 0.251 e. The van der Waals surface area contributed by atoms with Gasteiger partial charge in [-0.3, -0.25) is 9.89 Å². The summed E-state index contributed by atoms with van der Waals surface area (Å²) in [5, 5.41) is 11.0. The number of hydrogen-bond donors (Lipinski definition) is 2. The Labute approximate surface area is 128 Å². The quantitative estimate of drug-likeness (QED) is 0.780. The average molecular weight is 294 g/mol. The molecule has 0 saturated carbocycles. The minimum atomic E-state index is -0.1000. The molecular weight excluding hydrogens is 276 g/mol. The number of carbonyl (C=O) groups excluding carboxylic acids is 1. The largest absolute Gasteiger partial charge is 0.378 e. The van der Waals surface area contributed by atoms with Crippen molar-refractivity contribution in [2.45, 2.75) is 0 Å². The van der Waals surface area contributed by atoms with Crippen LogP contribution >= 0.6 is 0 Å². The van der Waals surface area contributed by atoms with E-state index in [1.54, 1.807) is 13.1 Å². The highest BCUT2D eigenvalue weighted by atomic mass is 16.1. The van der Waals surface area contributed by atoms with E-state index in [0.29, 0.717) is 5.56 Å². The molecule has 0 unspecified atom stereocenters. The number of benzene rings is 2. The van der Waals surface area contributed by atoms with Gasteiger partial charge in [0.05, 0.1) is 11.2 Å². The van der Waals surface area contributed by atoms with Crippen molar-refractivity contribution < 1.29 is 4.79 Å². The lowest BCUT2D eigenvalue weighted by Crippen LogP contribution is -2.17. The number of fused-ring (bicyclic) bond motifs is 1. The van der Waals surface area contributed by atoms with Crippen LogP contribution in [0.1, 0.15) is 10.4 Å². The number of aromatic nitrogens is 2. The highest BCUT2D eigenvalue weighted by molar-refractivity contribution is 6.01. The van der Waals surface area contributed by atoms with Crippen molar-refractivity contribution in [2.24, 2.45) is 0 Å². The molecule has 2 N–H and O–H groups in total. The highest BCUT2D eigenvalue weighted by Gasteiger charge is 2.11. The molecule has 0 spiro atoms. The Morgan fingerprint density at radius 2 is 1.86 bits per heavy atom. The number of nitrogens with zero attached hydrogens (tertiary/aromatic N) is 2. The summed E-state index contributed by atoms with van der Waals surface area (Å²) in [5.74, 6) is -0.1000. The maximum atomic E-state index is 11.8. The Morgan fingerprint density at radius 3 is 2.50 bits per heavy atom. The fraction of sp³-hybridized carbons (Fsp3) is 0.176. The van der Waals surface area contributed by atoms with Crippen LogP contribution < -0.4 is 10.2 Å². The maximum Gasteiger partial charge on any atom is 0.251 e. The van der Waals surface area contributed by atoms with Crippen LogP contribution in [0.15, 0.2) is 42.5 Å². The second kappa shape index (κ2) is 5.52. The summed E-state index contributed by atoms with van der Waals surface area (Å²) in [4.78, 5) is 13.9. The lowest BCUT2D eigenvalue weighted by atomic mass is 10.0. The van der Waals surface area contributed by atoms with Crippen LogP contribution in [0.25, 0.3) is 22.2 Å². The molecule has 1 aromatic heterocycles. The Balaban J connectivity index is 2.08. The first-order valence-electron chi connectivity index (χ1n) is 7.08. The SMILES string of the molecule is CNC(=O)c1ccc2[nH]nc(-c3ccc(N(C)C)cc3)c2c1. The van der Waals surface area contributed by atoms with Crippen LogP contribution in [0.3, 0.4) is 0 Å². The van der Waals surface area contributed by atoms with Gasteiger partial charge >= 0.3 is 0 Å². The van der Waals surface area contributed by atoms with Crippen LogP contribution in [0.5, 0.6) is 0 Å². The van der Waals surface area contributed by atoms with Gasteiger partial charge in [-0.2, -0.15) is 5.10 Å². The molecule has 112 valence electrons. The molecule has 0 aliphatic heterocycles. The number of anilines is 1. The second-order valence-electron chi connectivity index (χ2n) is 5.35. The Kier molecular flexibility index (Phi) is 3.55. The Bertz CT molecular complexity index is 818. The molecule has 1 heterocycles. The summed E-state index contributed by atoms with van der Waals surface area (Å²) in [7, 11) is 5.64. The summed E-state index contributed by atoms with van der Waals surface area (Å²) in [5.41, 5.74) is 4.55. The number of amides is 1. The van der Waals surface area contributed by atoms with E-state index in [9.17, 15) is 4.79 Å². The summed E-state index contributed by atoms with van der Waals surface area (Å²) < 4.78 is 0. The zero-order valence-corrected chi connectivity index (χ0v) is 12.8. The molecule has 2 aromatic carbocycles. The van der Waals surface area contributed by atoms with Gasteiger partial charge in [0.25, 0.3) is 5.91 Å². The summed E-state index contributed by atoms with van der Waals surface area (Å²) in [6.07, 6.45) is 0. The lowest BCUT2D eigenvalue weighted by Gasteiger charge is -2.12. The molecule has 0 fully saturated rings. The topological polar surface area (TPSA) is 61.0 Å². The average Bonchev–Trinajstić information content (AvgIpc) is 2.97. The van der Waals surface area contributed by atoms with Gasteiger partial charge in [0.1, 0.15) is 0 Å². The molecule has 22 heavy (non-hydrogen) atoms. The monoisotopic (exact) mass is 294 g/mol. The third-order valence-corrected chi connectivity index (χ3v) is 3.71. The van der Waals surface area contributed by atoms with Crippen LogP contribution in [0.4, 0.5) is 5.69 Å². The first-order chi connectivity index (χ1) is 10.6. The van der Waals surface area contributed by atoms with Crippen LogP contribution in [0, 0.1) is 0 Å². The normalized spacial score (nSPS) is 10.7. The molecule has 0 saturated heterocycles. The molecule has 5 heteroatoms. The van der Waals surface area contributed by atoms with E-state index >= 15 is 0 Å². The zero-order chi connectivity index (χ0) is 15.7. The van der Waals surface area contributed by atoms with E-state index in [1.165, 1.54) is 0 Å². The Morgan fingerprint density at radius 1 is 1.14 bits per heavy atom. The van der Waals surface area contributed by atoms with Crippen molar-refractivity contribution in [3.8, 4) is 11.3 Å². The van der Waals surface area contributed by atoms with Gasteiger partial charge in [-0.05, 0) is 30.3 Å². The molecule has 3 aromatic rings. The summed E-state index contributed by atoms with van der Waals surface area (Å²) in [6, 6.07) is 13.7. The molecule has 0 radical (unpaired) electrons. The van der Waals surface area contributed by atoms with E-state index in [-0.39, 0.29) is 5.91 Å². The van der Waals surface area contributed by atoms with Crippen molar-refractivity contribution in [1.29, 1.82) is 0 Å².